The molecule has 2 aliphatic rings. The molecule has 4 N–H and O–H groups in total. The first-order valence-corrected chi connectivity index (χ1v) is 11.4. The van der Waals surface area contributed by atoms with E-state index in [0.717, 1.165) is 48.2 Å². The summed E-state index contributed by atoms with van der Waals surface area (Å²) in [5.74, 6) is 1.32. The van der Waals surface area contributed by atoms with Crippen LogP contribution in [0.1, 0.15) is 39.0 Å². The molecule has 0 bridgehead atoms. The molecular formula is C19H22N8O2S. The number of anilines is 3. The number of rotatable bonds is 3. The molecule has 0 aromatic carbocycles. The third-order valence-corrected chi connectivity index (χ3v) is 6.77. The number of pyridine rings is 1. The Bertz CT molecular complexity index is 1260. The monoisotopic (exact) mass is 426 g/mol. The first-order valence-electron chi connectivity index (χ1n) is 9.82. The Morgan fingerprint density at radius 3 is 2.67 bits per heavy atom. The average molecular weight is 427 g/mol. The fourth-order valence-corrected chi connectivity index (χ4v) is 4.90. The highest BCUT2D eigenvalue weighted by Gasteiger charge is 2.41. The van der Waals surface area contributed by atoms with Crippen LogP contribution in [0.5, 0.6) is 0 Å². The van der Waals surface area contributed by atoms with Gasteiger partial charge in [-0.2, -0.15) is 10.1 Å². The third-order valence-electron chi connectivity index (χ3n) is 5.95. The minimum Gasteiger partial charge on any atom is -0.323 e. The molecular weight excluding hydrogens is 404 g/mol. The van der Waals surface area contributed by atoms with Crippen LogP contribution in [0.15, 0.2) is 40.7 Å². The summed E-state index contributed by atoms with van der Waals surface area (Å²) in [5.41, 5.74) is 5.46. The van der Waals surface area contributed by atoms with E-state index in [-0.39, 0.29) is 10.6 Å². The molecule has 3 aromatic heterocycles. The Kier molecular flexibility index (Phi) is 4.26. The number of primary sulfonamides is 1. The van der Waals surface area contributed by atoms with Gasteiger partial charge in [-0.25, -0.2) is 23.5 Å². The van der Waals surface area contributed by atoms with Gasteiger partial charge >= 0.3 is 0 Å². The van der Waals surface area contributed by atoms with Gasteiger partial charge < -0.3 is 5.32 Å². The Morgan fingerprint density at radius 1 is 1.17 bits per heavy atom. The fraction of sp³-hybridized carbons (Fsp3) is 0.368. The lowest BCUT2D eigenvalue weighted by Gasteiger charge is -2.42. The molecule has 4 heterocycles. The van der Waals surface area contributed by atoms with Crippen LogP contribution < -0.4 is 15.9 Å². The minimum atomic E-state index is -3.84. The summed E-state index contributed by atoms with van der Waals surface area (Å²) in [6.07, 6.45) is 8.78. The summed E-state index contributed by atoms with van der Waals surface area (Å²) in [7, 11) is -3.84. The number of hydrogen-bond donors (Lipinski definition) is 3. The summed E-state index contributed by atoms with van der Waals surface area (Å²) in [6, 6.07) is 4.94. The van der Waals surface area contributed by atoms with Gasteiger partial charge in [-0.05, 0) is 38.0 Å². The maximum absolute atomic E-state index is 11.4. The van der Waals surface area contributed by atoms with Gasteiger partial charge in [-0.1, -0.05) is 19.3 Å². The van der Waals surface area contributed by atoms with Crippen LogP contribution in [0, 0.1) is 0 Å². The second-order valence-corrected chi connectivity index (χ2v) is 9.30. The molecule has 3 aromatic rings. The van der Waals surface area contributed by atoms with E-state index >= 15 is 0 Å². The van der Waals surface area contributed by atoms with E-state index in [1.165, 1.54) is 18.7 Å². The summed E-state index contributed by atoms with van der Waals surface area (Å²) < 4.78 is 25.0. The topological polar surface area (TPSA) is 140 Å². The predicted octanol–water partition coefficient (Wildman–Crippen LogP) is 2.68. The standard InChI is InChI=1S/C19H22N8O2S/c1-12-19(7-3-2-4-8-19)27-15(26-25-12)9-13-10-22-18(24-17(13)27)23-14-5-6-16(21-11-14)30(20,28)29/h5-6,9-11,26H,2-4,7-8H2,1H3,(H2,20,28,29)(H,22,23,24). The third kappa shape index (κ3) is 3.01. The Morgan fingerprint density at radius 2 is 1.97 bits per heavy atom. The molecule has 1 saturated carbocycles. The molecule has 30 heavy (non-hydrogen) atoms. The van der Waals surface area contributed by atoms with Crippen molar-refractivity contribution in [1.82, 2.24) is 19.5 Å². The van der Waals surface area contributed by atoms with Crippen LogP contribution in [0.3, 0.4) is 0 Å². The van der Waals surface area contributed by atoms with E-state index in [9.17, 15) is 8.42 Å². The predicted molar refractivity (Wildman–Crippen MR) is 114 cm³/mol. The zero-order valence-corrected chi connectivity index (χ0v) is 17.3. The van der Waals surface area contributed by atoms with Crippen molar-refractivity contribution >= 4 is 44.2 Å². The Balaban J connectivity index is 1.54. The second kappa shape index (κ2) is 6.74. The van der Waals surface area contributed by atoms with Gasteiger partial charge in [0.2, 0.25) is 5.95 Å². The van der Waals surface area contributed by atoms with E-state index in [1.54, 1.807) is 12.3 Å². The van der Waals surface area contributed by atoms with Gasteiger partial charge in [-0.3, -0.25) is 9.99 Å². The van der Waals surface area contributed by atoms with E-state index in [2.05, 4.69) is 37.3 Å². The fourth-order valence-electron chi connectivity index (χ4n) is 4.45. The van der Waals surface area contributed by atoms with Crippen molar-refractivity contribution < 1.29 is 8.42 Å². The molecule has 0 saturated heterocycles. The summed E-state index contributed by atoms with van der Waals surface area (Å²) in [4.78, 5) is 13.1. The lowest BCUT2D eigenvalue weighted by atomic mass is 9.78. The van der Waals surface area contributed by atoms with Gasteiger partial charge in [0.25, 0.3) is 10.0 Å². The molecule has 0 amide bonds. The van der Waals surface area contributed by atoms with Gasteiger partial charge in [0, 0.05) is 11.6 Å². The molecule has 1 aliphatic carbocycles. The first-order chi connectivity index (χ1) is 14.4. The van der Waals surface area contributed by atoms with Crippen LogP contribution in [0.2, 0.25) is 0 Å². The van der Waals surface area contributed by atoms with Crippen molar-refractivity contribution in [3.8, 4) is 0 Å². The van der Waals surface area contributed by atoms with Crippen molar-refractivity contribution in [2.45, 2.75) is 49.6 Å². The van der Waals surface area contributed by atoms with Gasteiger partial charge in [0.15, 0.2) is 5.03 Å². The highest BCUT2D eigenvalue weighted by molar-refractivity contribution is 7.89. The van der Waals surface area contributed by atoms with Crippen LogP contribution >= 0.6 is 0 Å². The lowest BCUT2D eigenvalue weighted by Crippen LogP contribution is -2.45. The number of aromatic nitrogens is 4. The van der Waals surface area contributed by atoms with E-state index in [1.807, 2.05) is 6.07 Å². The second-order valence-electron chi connectivity index (χ2n) is 7.79. The van der Waals surface area contributed by atoms with E-state index in [4.69, 9.17) is 10.1 Å². The van der Waals surface area contributed by atoms with Crippen molar-refractivity contribution in [2.24, 2.45) is 10.2 Å². The van der Waals surface area contributed by atoms with Gasteiger partial charge in [0.05, 0.1) is 23.1 Å². The highest BCUT2D eigenvalue weighted by atomic mass is 32.2. The zero-order chi connectivity index (χ0) is 20.9. The smallest absolute Gasteiger partial charge is 0.255 e. The number of nitrogens with two attached hydrogens (primary N) is 1. The lowest BCUT2D eigenvalue weighted by molar-refractivity contribution is 0.285. The van der Waals surface area contributed by atoms with E-state index in [0.29, 0.717) is 11.6 Å². The average Bonchev–Trinajstić information content (AvgIpc) is 3.10. The van der Waals surface area contributed by atoms with Gasteiger partial charge in [0.1, 0.15) is 11.5 Å². The first kappa shape index (κ1) is 18.9. The van der Waals surface area contributed by atoms with Crippen LogP contribution in [-0.2, 0) is 15.6 Å². The zero-order valence-electron chi connectivity index (χ0n) is 16.5. The Labute approximate surface area is 173 Å². The van der Waals surface area contributed by atoms with Crippen molar-refractivity contribution in [1.29, 1.82) is 0 Å². The molecule has 0 atom stereocenters. The van der Waals surface area contributed by atoms with Crippen molar-refractivity contribution in [3.63, 3.8) is 0 Å². The van der Waals surface area contributed by atoms with Crippen molar-refractivity contribution in [2.75, 3.05) is 10.7 Å². The highest BCUT2D eigenvalue weighted by Crippen LogP contribution is 2.43. The molecule has 5 rings (SSSR count). The summed E-state index contributed by atoms with van der Waals surface area (Å²) in [5, 5.41) is 13.5. The van der Waals surface area contributed by atoms with Crippen LogP contribution in [-0.4, -0.2) is 33.6 Å². The number of sulfonamides is 1. The van der Waals surface area contributed by atoms with Gasteiger partial charge in [-0.15, -0.1) is 0 Å². The molecule has 1 fully saturated rings. The molecule has 1 aliphatic heterocycles. The maximum atomic E-state index is 11.4. The molecule has 1 spiro atoms. The number of nitrogens with zero attached hydrogens (tertiary/aromatic N) is 5. The van der Waals surface area contributed by atoms with Crippen LogP contribution in [0.4, 0.5) is 17.5 Å². The molecule has 156 valence electrons. The Hall–Kier alpha value is -3.05. The number of hydrazone groups is 1. The largest absolute Gasteiger partial charge is 0.323 e. The van der Waals surface area contributed by atoms with Crippen LogP contribution in [0.25, 0.3) is 11.0 Å². The molecule has 10 nitrogen and oxygen atoms in total. The molecule has 0 unspecified atom stereocenters. The minimum absolute atomic E-state index is 0.162. The molecule has 0 radical (unpaired) electrons. The molecule has 11 heteroatoms. The summed E-state index contributed by atoms with van der Waals surface area (Å²) in [6.45, 7) is 2.08. The normalized spacial score (nSPS) is 18.0. The number of fused-ring (bicyclic) bond motifs is 4. The van der Waals surface area contributed by atoms with Crippen molar-refractivity contribution in [3.05, 3.63) is 30.6 Å². The maximum Gasteiger partial charge on any atom is 0.255 e. The van der Waals surface area contributed by atoms with E-state index < -0.39 is 10.0 Å². The SMILES string of the molecule is CC1=NNc2cc3cnc(Nc4ccc(S(N)(=O)=O)nc4)nc3n2C12CCCCC2. The summed E-state index contributed by atoms with van der Waals surface area (Å²) >= 11 is 0. The number of hydrogen-bond acceptors (Lipinski definition) is 8. The number of nitrogens with one attached hydrogen (secondary N) is 2. The quantitative estimate of drug-likeness (QED) is 0.585.